The van der Waals surface area contributed by atoms with Gasteiger partial charge in [0.05, 0.1) is 5.69 Å². The zero-order valence-electron chi connectivity index (χ0n) is 17.0. The van der Waals surface area contributed by atoms with Gasteiger partial charge >= 0.3 is 0 Å². The Hall–Kier alpha value is -1.27. The molecule has 0 aliphatic carbocycles. The van der Waals surface area contributed by atoms with Gasteiger partial charge in [0.15, 0.2) is 8.32 Å². The zero-order chi connectivity index (χ0) is 20.0. The fourth-order valence-corrected chi connectivity index (χ4v) is 3.50. The third kappa shape index (κ3) is 6.80. The highest BCUT2D eigenvalue weighted by atomic mass is 28.4. The SMILES string of the molecule is CC(=O)N(CCCCCCO[Si](C)(C)C(C)(C)C)c1cc(F)ccc1F. The molecule has 3 nitrogen and oxygen atoms in total. The number of nitrogens with zero attached hydrogens (tertiary/aromatic N) is 1. The summed E-state index contributed by atoms with van der Waals surface area (Å²) >= 11 is 0. The van der Waals surface area contributed by atoms with Gasteiger partial charge in [0.1, 0.15) is 11.6 Å². The van der Waals surface area contributed by atoms with Crippen molar-refractivity contribution in [2.45, 2.75) is 71.5 Å². The summed E-state index contributed by atoms with van der Waals surface area (Å²) in [5, 5.41) is 0.212. The van der Waals surface area contributed by atoms with E-state index in [4.69, 9.17) is 4.43 Å². The predicted octanol–water partition coefficient (Wildman–Crippen LogP) is 5.90. The van der Waals surface area contributed by atoms with Crippen molar-refractivity contribution in [3.63, 3.8) is 0 Å². The quantitative estimate of drug-likeness (QED) is 0.391. The molecule has 148 valence electrons. The molecule has 0 atom stereocenters. The maximum absolute atomic E-state index is 13.9. The number of rotatable bonds is 9. The molecule has 1 amide bonds. The average molecular weight is 386 g/mol. The van der Waals surface area contributed by atoms with E-state index < -0.39 is 20.0 Å². The van der Waals surface area contributed by atoms with E-state index in [-0.39, 0.29) is 16.6 Å². The first-order chi connectivity index (χ1) is 12.0. The highest BCUT2D eigenvalue weighted by Crippen LogP contribution is 2.36. The van der Waals surface area contributed by atoms with Crippen LogP contribution >= 0.6 is 0 Å². The Morgan fingerprint density at radius 3 is 2.31 bits per heavy atom. The molecule has 0 saturated heterocycles. The molecule has 1 aromatic carbocycles. The fraction of sp³-hybridized carbons (Fsp3) is 0.650. The Bertz CT molecular complexity index is 600. The van der Waals surface area contributed by atoms with E-state index in [2.05, 4.69) is 33.9 Å². The molecule has 0 aliphatic heterocycles. The summed E-state index contributed by atoms with van der Waals surface area (Å²) in [5.74, 6) is -1.41. The van der Waals surface area contributed by atoms with Gasteiger partial charge in [-0.15, -0.1) is 0 Å². The van der Waals surface area contributed by atoms with Crippen molar-refractivity contribution in [2.75, 3.05) is 18.1 Å². The topological polar surface area (TPSA) is 29.5 Å². The number of amides is 1. The summed E-state index contributed by atoms with van der Waals surface area (Å²) in [6, 6.07) is 3.18. The van der Waals surface area contributed by atoms with Gasteiger partial charge in [-0.25, -0.2) is 8.78 Å². The van der Waals surface area contributed by atoms with Crippen molar-refractivity contribution in [3.8, 4) is 0 Å². The number of carbonyl (C=O) groups excluding carboxylic acids is 1. The van der Waals surface area contributed by atoms with Crippen LogP contribution in [0.3, 0.4) is 0 Å². The summed E-state index contributed by atoms with van der Waals surface area (Å²) in [7, 11) is -1.69. The molecule has 6 heteroatoms. The van der Waals surface area contributed by atoms with Gasteiger partial charge < -0.3 is 9.33 Å². The Balaban J connectivity index is 2.39. The zero-order valence-corrected chi connectivity index (χ0v) is 18.0. The summed E-state index contributed by atoms with van der Waals surface area (Å²) in [6.45, 7) is 13.7. The molecule has 1 rings (SSSR count). The van der Waals surface area contributed by atoms with Gasteiger partial charge in [0, 0.05) is 26.1 Å². The smallest absolute Gasteiger partial charge is 0.223 e. The Kier molecular flexibility index (Phi) is 8.41. The van der Waals surface area contributed by atoms with Crippen LogP contribution in [0, 0.1) is 11.6 Å². The van der Waals surface area contributed by atoms with Gasteiger partial charge in [-0.3, -0.25) is 4.79 Å². The van der Waals surface area contributed by atoms with Crippen LogP contribution < -0.4 is 4.90 Å². The summed E-state index contributed by atoms with van der Waals surface area (Å²) < 4.78 is 33.4. The van der Waals surface area contributed by atoms with E-state index in [1.54, 1.807) is 0 Å². The molecule has 0 unspecified atom stereocenters. The first-order valence-electron chi connectivity index (χ1n) is 9.33. The monoisotopic (exact) mass is 385 g/mol. The average Bonchev–Trinajstić information content (AvgIpc) is 2.51. The minimum absolute atomic E-state index is 0.0127. The number of unbranched alkanes of at least 4 members (excludes halogenated alkanes) is 3. The second-order valence-corrected chi connectivity index (χ2v) is 13.1. The van der Waals surface area contributed by atoms with E-state index in [1.807, 2.05) is 0 Å². The Labute approximate surface area is 157 Å². The standard InChI is InChI=1S/C20H33F2NO2Si/c1-16(24)23(19-15-17(21)11-12-18(19)22)13-9-7-8-10-14-25-26(5,6)20(2,3)4/h11-12,15H,7-10,13-14H2,1-6H3. The number of hydrogen-bond acceptors (Lipinski definition) is 2. The molecule has 0 bridgehead atoms. The molecule has 0 spiro atoms. The maximum Gasteiger partial charge on any atom is 0.223 e. The number of halogens is 2. The van der Waals surface area contributed by atoms with E-state index in [1.165, 1.54) is 11.8 Å². The van der Waals surface area contributed by atoms with Crippen LogP contribution in [0.2, 0.25) is 18.1 Å². The summed E-state index contributed by atoms with van der Waals surface area (Å²) in [4.78, 5) is 13.1. The first-order valence-corrected chi connectivity index (χ1v) is 12.2. The lowest BCUT2D eigenvalue weighted by Crippen LogP contribution is -2.40. The molecule has 0 fully saturated rings. The Morgan fingerprint density at radius 2 is 1.73 bits per heavy atom. The van der Waals surface area contributed by atoms with Crippen LogP contribution in [0.15, 0.2) is 18.2 Å². The molecule has 0 aliphatic rings. The van der Waals surface area contributed by atoms with E-state index in [0.29, 0.717) is 6.54 Å². The molecule has 0 saturated carbocycles. The van der Waals surface area contributed by atoms with Crippen molar-refractivity contribution in [1.82, 2.24) is 0 Å². The van der Waals surface area contributed by atoms with Gasteiger partial charge in [-0.05, 0) is 43.1 Å². The lowest BCUT2D eigenvalue weighted by molar-refractivity contribution is -0.116. The van der Waals surface area contributed by atoms with Crippen LogP contribution in [0.1, 0.15) is 53.4 Å². The number of hydrogen-bond donors (Lipinski definition) is 0. The summed E-state index contributed by atoms with van der Waals surface area (Å²) in [5.41, 5.74) is 0.0127. The van der Waals surface area contributed by atoms with E-state index in [0.717, 1.165) is 50.5 Å². The molecule has 1 aromatic rings. The highest BCUT2D eigenvalue weighted by Gasteiger charge is 2.36. The van der Waals surface area contributed by atoms with Crippen LogP contribution in [0.4, 0.5) is 14.5 Å². The number of carbonyl (C=O) groups is 1. The predicted molar refractivity (Wildman–Crippen MR) is 106 cm³/mol. The molecule has 26 heavy (non-hydrogen) atoms. The molecule has 0 radical (unpaired) electrons. The maximum atomic E-state index is 13.9. The van der Waals surface area contributed by atoms with Gasteiger partial charge in [0.25, 0.3) is 0 Å². The second-order valence-electron chi connectivity index (χ2n) is 8.29. The summed E-state index contributed by atoms with van der Waals surface area (Å²) in [6.07, 6.45) is 3.63. The molecule has 0 heterocycles. The normalized spacial score (nSPS) is 12.3. The van der Waals surface area contributed by atoms with Crippen molar-refractivity contribution < 1.29 is 18.0 Å². The first kappa shape index (κ1) is 22.8. The lowest BCUT2D eigenvalue weighted by atomic mass is 10.2. The lowest BCUT2D eigenvalue weighted by Gasteiger charge is -2.36. The van der Waals surface area contributed by atoms with Crippen molar-refractivity contribution in [3.05, 3.63) is 29.8 Å². The number of anilines is 1. The minimum Gasteiger partial charge on any atom is -0.417 e. The van der Waals surface area contributed by atoms with E-state index in [9.17, 15) is 13.6 Å². The van der Waals surface area contributed by atoms with Crippen LogP contribution in [-0.4, -0.2) is 27.4 Å². The Morgan fingerprint density at radius 1 is 1.12 bits per heavy atom. The minimum atomic E-state index is -1.69. The molecular formula is C20H33F2NO2Si. The van der Waals surface area contributed by atoms with Crippen molar-refractivity contribution in [2.24, 2.45) is 0 Å². The van der Waals surface area contributed by atoms with Crippen LogP contribution in [0.5, 0.6) is 0 Å². The van der Waals surface area contributed by atoms with Crippen LogP contribution in [0.25, 0.3) is 0 Å². The van der Waals surface area contributed by atoms with E-state index >= 15 is 0 Å². The van der Waals surface area contributed by atoms with Gasteiger partial charge in [-0.2, -0.15) is 0 Å². The number of benzene rings is 1. The third-order valence-electron chi connectivity index (χ3n) is 5.12. The van der Waals surface area contributed by atoms with Crippen LogP contribution in [-0.2, 0) is 9.22 Å². The van der Waals surface area contributed by atoms with Crippen molar-refractivity contribution in [1.29, 1.82) is 0 Å². The second kappa shape index (κ2) is 9.60. The largest absolute Gasteiger partial charge is 0.417 e. The molecule has 0 N–H and O–H groups in total. The van der Waals surface area contributed by atoms with Gasteiger partial charge in [-0.1, -0.05) is 33.6 Å². The molecule has 0 aromatic heterocycles. The highest BCUT2D eigenvalue weighted by molar-refractivity contribution is 6.74. The third-order valence-corrected chi connectivity index (χ3v) is 9.66. The molecular weight excluding hydrogens is 352 g/mol. The van der Waals surface area contributed by atoms with Crippen molar-refractivity contribution >= 4 is 19.9 Å². The fourth-order valence-electron chi connectivity index (χ4n) is 2.41. The van der Waals surface area contributed by atoms with Gasteiger partial charge in [0.2, 0.25) is 5.91 Å².